The summed E-state index contributed by atoms with van der Waals surface area (Å²) in [5.74, 6) is -3.77. The van der Waals surface area contributed by atoms with Crippen LogP contribution in [0.25, 0.3) is 0 Å². The Morgan fingerprint density at radius 1 is 1.10 bits per heavy atom. The third-order valence-corrected chi connectivity index (χ3v) is 6.58. The summed E-state index contributed by atoms with van der Waals surface area (Å²) in [5, 5.41) is 4.47. The van der Waals surface area contributed by atoms with Gasteiger partial charge in [0.05, 0.1) is 6.04 Å². The highest BCUT2D eigenvalue weighted by Crippen LogP contribution is 2.65. The van der Waals surface area contributed by atoms with Gasteiger partial charge in [-0.2, -0.15) is 13.2 Å². The molecule has 1 heterocycles. The van der Waals surface area contributed by atoms with E-state index in [9.17, 15) is 32.3 Å². The molecular formula is C21H32F3N3O4. The van der Waals surface area contributed by atoms with Crippen LogP contribution in [0.1, 0.15) is 48.5 Å². The van der Waals surface area contributed by atoms with Gasteiger partial charge in [-0.3, -0.25) is 14.4 Å². The quantitative estimate of drug-likeness (QED) is 0.608. The van der Waals surface area contributed by atoms with Crippen molar-refractivity contribution >= 4 is 24.0 Å². The number of nitrogens with one attached hydrogen (secondary N) is 2. The molecule has 2 N–H and O–H groups in total. The van der Waals surface area contributed by atoms with Gasteiger partial charge in [0.1, 0.15) is 18.4 Å². The Labute approximate surface area is 180 Å². The van der Waals surface area contributed by atoms with Crippen molar-refractivity contribution < 1.29 is 32.3 Å². The standard InChI is InChI=1S/C21H32F3N3O4/c1-10(2)12(9-28)25-16(29)14-13-11(20(13,6)7)8-27(14)17(30)15(19(3,4)5)26-18(31)21(22,23)24/h9-15H,8H2,1-7H3,(H,25,29)(H,26,31)/t11-,12+,13-,14-,15+/m0/s1. The molecule has 2 fully saturated rings. The number of carbonyl (C=O) groups excluding carboxylic acids is 4. The zero-order chi connectivity index (χ0) is 24.1. The summed E-state index contributed by atoms with van der Waals surface area (Å²) in [6.45, 7) is 12.3. The van der Waals surface area contributed by atoms with Crippen molar-refractivity contribution in [1.29, 1.82) is 0 Å². The number of hydrogen-bond acceptors (Lipinski definition) is 4. The fourth-order valence-electron chi connectivity index (χ4n) is 4.45. The van der Waals surface area contributed by atoms with Gasteiger partial charge in [0.2, 0.25) is 11.8 Å². The van der Waals surface area contributed by atoms with E-state index < -0.39 is 47.4 Å². The molecule has 0 aromatic heterocycles. The molecule has 1 saturated carbocycles. The highest BCUT2D eigenvalue weighted by atomic mass is 19.4. The molecule has 1 aliphatic heterocycles. The summed E-state index contributed by atoms with van der Waals surface area (Å²) in [6, 6.07) is -3.13. The van der Waals surface area contributed by atoms with E-state index >= 15 is 0 Å². The summed E-state index contributed by atoms with van der Waals surface area (Å²) in [6.07, 6.45) is -4.51. The molecule has 0 unspecified atom stereocenters. The number of nitrogens with zero attached hydrogens (tertiary/aromatic N) is 1. The van der Waals surface area contributed by atoms with E-state index in [-0.39, 0.29) is 29.7 Å². The minimum atomic E-state index is -5.13. The number of amides is 3. The van der Waals surface area contributed by atoms with Crippen LogP contribution in [0.15, 0.2) is 0 Å². The van der Waals surface area contributed by atoms with Crippen molar-refractivity contribution in [2.24, 2.45) is 28.6 Å². The van der Waals surface area contributed by atoms with Gasteiger partial charge in [-0.25, -0.2) is 0 Å². The molecule has 31 heavy (non-hydrogen) atoms. The second-order valence-corrected chi connectivity index (χ2v) is 10.6. The smallest absolute Gasteiger partial charge is 0.345 e. The Balaban J connectivity index is 2.32. The molecule has 2 aliphatic rings. The van der Waals surface area contributed by atoms with Gasteiger partial charge in [0, 0.05) is 6.54 Å². The first-order chi connectivity index (χ1) is 13.9. The summed E-state index contributed by atoms with van der Waals surface area (Å²) in [4.78, 5) is 50.6. The SMILES string of the molecule is CC(C)[C@@H](C=O)NC(=O)[C@@H]1[C@@H]2[C@H](CN1C(=O)[C@@H](NC(=O)C(F)(F)F)C(C)(C)C)C2(C)C. The Morgan fingerprint density at radius 2 is 1.65 bits per heavy atom. The largest absolute Gasteiger partial charge is 0.471 e. The molecule has 0 radical (unpaired) electrons. The zero-order valence-corrected chi connectivity index (χ0v) is 19.0. The van der Waals surface area contributed by atoms with Crippen LogP contribution in [0.3, 0.4) is 0 Å². The van der Waals surface area contributed by atoms with Gasteiger partial charge < -0.3 is 20.3 Å². The molecule has 1 aliphatic carbocycles. The minimum Gasteiger partial charge on any atom is -0.345 e. The van der Waals surface area contributed by atoms with Crippen LogP contribution in [0.2, 0.25) is 0 Å². The molecule has 3 amide bonds. The number of rotatable bonds is 6. The fraction of sp³-hybridized carbons (Fsp3) is 0.810. The van der Waals surface area contributed by atoms with Crippen molar-refractivity contribution in [3.8, 4) is 0 Å². The number of piperidine rings is 1. The van der Waals surface area contributed by atoms with E-state index in [0.29, 0.717) is 6.29 Å². The number of alkyl halides is 3. The first-order valence-corrected chi connectivity index (χ1v) is 10.4. The summed E-state index contributed by atoms with van der Waals surface area (Å²) >= 11 is 0. The van der Waals surface area contributed by atoms with Gasteiger partial charge in [-0.1, -0.05) is 48.5 Å². The van der Waals surface area contributed by atoms with Crippen LogP contribution < -0.4 is 10.6 Å². The Morgan fingerprint density at radius 3 is 2.06 bits per heavy atom. The van der Waals surface area contributed by atoms with Crippen LogP contribution in [0.5, 0.6) is 0 Å². The van der Waals surface area contributed by atoms with Crippen molar-refractivity contribution in [3.05, 3.63) is 0 Å². The molecule has 0 bridgehead atoms. The Kier molecular flexibility index (Phi) is 6.56. The average Bonchev–Trinajstić information content (AvgIpc) is 2.97. The third-order valence-electron chi connectivity index (χ3n) is 6.58. The lowest BCUT2D eigenvalue weighted by molar-refractivity contribution is -0.176. The van der Waals surface area contributed by atoms with E-state index in [2.05, 4.69) is 5.32 Å². The maximum atomic E-state index is 13.3. The summed E-state index contributed by atoms with van der Waals surface area (Å²) in [5.41, 5.74) is -1.23. The van der Waals surface area contributed by atoms with Crippen LogP contribution in [-0.2, 0) is 19.2 Å². The third kappa shape index (κ3) is 4.87. The molecule has 1 saturated heterocycles. The van der Waals surface area contributed by atoms with Crippen molar-refractivity contribution in [3.63, 3.8) is 0 Å². The highest BCUT2D eigenvalue weighted by molar-refractivity contribution is 5.95. The van der Waals surface area contributed by atoms with Crippen LogP contribution in [-0.4, -0.2) is 59.8 Å². The molecule has 5 atom stereocenters. The number of fused-ring (bicyclic) bond motifs is 1. The van der Waals surface area contributed by atoms with Crippen LogP contribution in [0, 0.1) is 28.6 Å². The number of carbonyl (C=O) groups is 4. The van der Waals surface area contributed by atoms with Gasteiger partial charge >= 0.3 is 12.1 Å². The van der Waals surface area contributed by atoms with E-state index in [1.54, 1.807) is 34.6 Å². The molecule has 176 valence electrons. The van der Waals surface area contributed by atoms with E-state index in [1.807, 2.05) is 19.2 Å². The monoisotopic (exact) mass is 447 g/mol. The zero-order valence-electron chi connectivity index (χ0n) is 19.0. The summed E-state index contributed by atoms with van der Waals surface area (Å²) in [7, 11) is 0. The molecule has 0 spiro atoms. The van der Waals surface area contributed by atoms with Crippen LogP contribution >= 0.6 is 0 Å². The lowest BCUT2D eigenvalue weighted by atomic mass is 9.85. The molecule has 10 heteroatoms. The maximum Gasteiger partial charge on any atom is 0.471 e. The van der Waals surface area contributed by atoms with Gasteiger partial charge in [-0.05, 0) is 28.6 Å². The highest BCUT2D eigenvalue weighted by Gasteiger charge is 2.70. The van der Waals surface area contributed by atoms with Gasteiger partial charge in [0.15, 0.2) is 0 Å². The normalized spacial score (nSPS) is 26.7. The van der Waals surface area contributed by atoms with Crippen molar-refractivity contribution in [1.82, 2.24) is 15.5 Å². The number of halogens is 3. The minimum absolute atomic E-state index is 0.0138. The first-order valence-electron chi connectivity index (χ1n) is 10.4. The van der Waals surface area contributed by atoms with E-state index in [4.69, 9.17) is 0 Å². The summed E-state index contributed by atoms with van der Waals surface area (Å²) < 4.78 is 38.5. The Hall–Kier alpha value is -2.13. The first kappa shape index (κ1) is 25.1. The maximum absolute atomic E-state index is 13.3. The lowest BCUT2D eigenvalue weighted by Crippen LogP contribution is -2.61. The molecular weight excluding hydrogens is 415 g/mol. The Bertz CT molecular complexity index is 758. The fourth-order valence-corrected chi connectivity index (χ4v) is 4.45. The predicted octanol–water partition coefficient (Wildman–Crippen LogP) is 1.90. The van der Waals surface area contributed by atoms with E-state index in [0.717, 1.165) is 0 Å². The molecule has 0 aromatic carbocycles. The second kappa shape index (κ2) is 8.09. The number of likely N-dealkylation sites (tertiary alicyclic amines) is 1. The molecule has 0 aromatic rings. The number of hydrogen-bond donors (Lipinski definition) is 2. The molecule has 2 rings (SSSR count). The second-order valence-electron chi connectivity index (χ2n) is 10.6. The topological polar surface area (TPSA) is 95.6 Å². The molecule has 7 nitrogen and oxygen atoms in total. The van der Waals surface area contributed by atoms with Gasteiger partial charge in [0.25, 0.3) is 0 Å². The predicted molar refractivity (Wildman–Crippen MR) is 107 cm³/mol. The van der Waals surface area contributed by atoms with Crippen molar-refractivity contribution in [2.45, 2.75) is 72.8 Å². The lowest BCUT2D eigenvalue weighted by Gasteiger charge is -2.38. The average molecular weight is 447 g/mol. The van der Waals surface area contributed by atoms with Crippen molar-refractivity contribution in [2.75, 3.05) is 6.54 Å². The van der Waals surface area contributed by atoms with Gasteiger partial charge in [-0.15, -0.1) is 0 Å². The number of aldehydes is 1. The van der Waals surface area contributed by atoms with E-state index in [1.165, 1.54) is 4.90 Å². The van der Waals surface area contributed by atoms with Crippen LogP contribution in [0.4, 0.5) is 13.2 Å².